The maximum Gasteiger partial charge on any atom is 0.0434 e. The van der Waals surface area contributed by atoms with E-state index in [1.807, 2.05) is 12.1 Å². The van der Waals surface area contributed by atoms with Gasteiger partial charge in [0.15, 0.2) is 0 Å². The topological polar surface area (TPSA) is 35.5 Å². The first kappa shape index (κ1) is 7.57. The Morgan fingerprint density at radius 2 is 2.60 bits per heavy atom. The zero-order valence-electron chi connectivity index (χ0n) is 6.30. The molecule has 1 aliphatic rings. The van der Waals surface area contributed by atoms with Crippen LogP contribution in [0.15, 0.2) is 11.8 Å². The lowest BCUT2D eigenvalue weighted by molar-refractivity contribution is 0.288. The molecule has 0 amide bonds. The van der Waals surface area contributed by atoms with Crippen LogP contribution >= 0.6 is 0 Å². The van der Waals surface area contributed by atoms with Crippen molar-refractivity contribution in [1.82, 2.24) is 10.4 Å². The van der Waals surface area contributed by atoms with E-state index in [4.69, 9.17) is 5.11 Å². The van der Waals surface area contributed by atoms with Crippen molar-refractivity contribution in [2.24, 2.45) is 0 Å². The van der Waals surface area contributed by atoms with Crippen molar-refractivity contribution in [3.8, 4) is 0 Å². The molecule has 0 saturated carbocycles. The molecule has 2 N–H and O–H groups in total. The quantitative estimate of drug-likeness (QED) is 0.586. The van der Waals surface area contributed by atoms with Gasteiger partial charge in [0.25, 0.3) is 0 Å². The van der Waals surface area contributed by atoms with Crippen molar-refractivity contribution < 1.29 is 5.11 Å². The standard InChI is InChI=1S/C7H14N2O/c1-9-6-7(5-8-9)3-2-4-10/h6,8,10H,2-5H2,1H3. The number of nitrogens with one attached hydrogen (secondary N) is 1. The molecule has 0 spiro atoms. The van der Waals surface area contributed by atoms with E-state index in [1.54, 1.807) is 0 Å². The summed E-state index contributed by atoms with van der Waals surface area (Å²) in [5.74, 6) is 0. The molecule has 0 aromatic rings. The minimum Gasteiger partial charge on any atom is -0.396 e. The van der Waals surface area contributed by atoms with Crippen LogP contribution < -0.4 is 5.43 Å². The van der Waals surface area contributed by atoms with Crippen molar-refractivity contribution in [3.05, 3.63) is 11.8 Å². The smallest absolute Gasteiger partial charge is 0.0434 e. The Labute approximate surface area is 61.3 Å². The molecule has 0 unspecified atom stereocenters. The Kier molecular flexibility index (Phi) is 2.71. The second kappa shape index (κ2) is 3.58. The molecular weight excluding hydrogens is 128 g/mol. The highest BCUT2D eigenvalue weighted by atomic mass is 16.2. The predicted octanol–water partition coefficient (Wildman–Crippen LogP) is 0.0928. The van der Waals surface area contributed by atoms with E-state index in [2.05, 4.69) is 11.6 Å². The number of hydrogen-bond donors (Lipinski definition) is 2. The summed E-state index contributed by atoms with van der Waals surface area (Å²) in [6.07, 6.45) is 3.96. The molecule has 0 aromatic heterocycles. The number of aliphatic hydroxyl groups excluding tert-OH is 1. The molecule has 0 aliphatic carbocycles. The van der Waals surface area contributed by atoms with E-state index in [0.717, 1.165) is 19.4 Å². The van der Waals surface area contributed by atoms with Crippen LogP contribution in [-0.2, 0) is 0 Å². The van der Waals surface area contributed by atoms with Crippen LogP contribution in [0.2, 0.25) is 0 Å². The third kappa shape index (κ3) is 2.01. The Morgan fingerprint density at radius 3 is 3.10 bits per heavy atom. The van der Waals surface area contributed by atoms with Gasteiger partial charge in [0, 0.05) is 26.4 Å². The van der Waals surface area contributed by atoms with Crippen molar-refractivity contribution in [2.45, 2.75) is 12.8 Å². The first-order valence-corrected chi connectivity index (χ1v) is 3.59. The predicted molar refractivity (Wildman–Crippen MR) is 40.2 cm³/mol. The third-order valence-electron chi connectivity index (χ3n) is 1.59. The fraction of sp³-hybridized carbons (Fsp3) is 0.714. The lowest BCUT2D eigenvalue weighted by atomic mass is 10.2. The first-order chi connectivity index (χ1) is 4.83. The summed E-state index contributed by atoms with van der Waals surface area (Å²) in [7, 11) is 1.98. The van der Waals surface area contributed by atoms with E-state index in [9.17, 15) is 0 Å². The summed E-state index contributed by atoms with van der Waals surface area (Å²) in [5, 5.41) is 10.5. The first-order valence-electron chi connectivity index (χ1n) is 3.59. The summed E-state index contributed by atoms with van der Waals surface area (Å²) in [4.78, 5) is 0. The minimum absolute atomic E-state index is 0.293. The minimum atomic E-state index is 0.293. The van der Waals surface area contributed by atoms with Gasteiger partial charge in [-0.25, -0.2) is 5.43 Å². The van der Waals surface area contributed by atoms with Gasteiger partial charge in [-0.05, 0) is 18.4 Å². The third-order valence-corrected chi connectivity index (χ3v) is 1.59. The van der Waals surface area contributed by atoms with Crippen LogP contribution in [0.4, 0.5) is 0 Å². The van der Waals surface area contributed by atoms with E-state index < -0.39 is 0 Å². The normalized spacial score (nSPS) is 17.8. The fourth-order valence-electron chi connectivity index (χ4n) is 1.05. The SMILES string of the molecule is CN1C=C(CCCO)CN1. The average molecular weight is 142 g/mol. The molecule has 0 aromatic carbocycles. The molecule has 10 heavy (non-hydrogen) atoms. The summed E-state index contributed by atoms with van der Waals surface area (Å²) in [6.45, 7) is 1.23. The molecule has 58 valence electrons. The number of nitrogens with zero attached hydrogens (tertiary/aromatic N) is 1. The van der Waals surface area contributed by atoms with Crippen LogP contribution in [0.1, 0.15) is 12.8 Å². The highest BCUT2D eigenvalue weighted by Crippen LogP contribution is 2.08. The largest absolute Gasteiger partial charge is 0.396 e. The maximum absolute atomic E-state index is 8.53. The molecule has 0 fully saturated rings. The zero-order valence-corrected chi connectivity index (χ0v) is 6.30. The second-order valence-corrected chi connectivity index (χ2v) is 2.56. The van der Waals surface area contributed by atoms with Gasteiger partial charge in [-0.1, -0.05) is 0 Å². The molecule has 3 nitrogen and oxygen atoms in total. The van der Waals surface area contributed by atoms with Gasteiger partial charge in [0.1, 0.15) is 0 Å². The average Bonchev–Trinajstić information content (AvgIpc) is 2.31. The van der Waals surface area contributed by atoms with Crippen molar-refractivity contribution >= 4 is 0 Å². The lowest BCUT2D eigenvalue weighted by Crippen LogP contribution is -2.23. The fourth-order valence-corrected chi connectivity index (χ4v) is 1.05. The Balaban J connectivity index is 2.22. The Bertz CT molecular complexity index is 134. The number of hydrogen-bond acceptors (Lipinski definition) is 3. The summed E-state index contributed by atoms with van der Waals surface area (Å²) < 4.78 is 0. The van der Waals surface area contributed by atoms with Crippen LogP contribution in [0, 0.1) is 0 Å². The van der Waals surface area contributed by atoms with Crippen LogP contribution in [0.3, 0.4) is 0 Å². The molecule has 1 rings (SSSR count). The van der Waals surface area contributed by atoms with E-state index in [0.29, 0.717) is 6.61 Å². The summed E-state index contributed by atoms with van der Waals surface area (Å²) in [6, 6.07) is 0. The van der Waals surface area contributed by atoms with Gasteiger partial charge in [-0.3, -0.25) is 0 Å². The monoisotopic (exact) mass is 142 g/mol. The number of hydrazine groups is 1. The Hall–Kier alpha value is -0.540. The summed E-state index contributed by atoms with van der Waals surface area (Å²) in [5.41, 5.74) is 4.51. The van der Waals surface area contributed by atoms with Crippen molar-refractivity contribution in [2.75, 3.05) is 20.2 Å². The van der Waals surface area contributed by atoms with Crippen LogP contribution in [0.25, 0.3) is 0 Å². The Morgan fingerprint density at radius 1 is 1.80 bits per heavy atom. The maximum atomic E-state index is 8.53. The van der Waals surface area contributed by atoms with Gasteiger partial charge in [-0.2, -0.15) is 0 Å². The van der Waals surface area contributed by atoms with Crippen molar-refractivity contribution in [3.63, 3.8) is 0 Å². The van der Waals surface area contributed by atoms with E-state index in [1.165, 1.54) is 5.57 Å². The highest BCUT2D eigenvalue weighted by molar-refractivity contribution is 5.06. The van der Waals surface area contributed by atoms with Gasteiger partial charge in [0.2, 0.25) is 0 Å². The molecule has 0 bridgehead atoms. The van der Waals surface area contributed by atoms with Gasteiger partial charge in [-0.15, -0.1) is 0 Å². The van der Waals surface area contributed by atoms with E-state index in [-0.39, 0.29) is 0 Å². The highest BCUT2D eigenvalue weighted by Gasteiger charge is 2.05. The zero-order chi connectivity index (χ0) is 7.40. The molecule has 0 radical (unpaired) electrons. The number of aliphatic hydroxyl groups is 1. The van der Waals surface area contributed by atoms with Gasteiger partial charge >= 0.3 is 0 Å². The van der Waals surface area contributed by atoms with Gasteiger partial charge in [0.05, 0.1) is 0 Å². The van der Waals surface area contributed by atoms with Gasteiger partial charge < -0.3 is 10.1 Å². The molecule has 1 aliphatic heterocycles. The molecule has 0 saturated heterocycles. The van der Waals surface area contributed by atoms with Crippen molar-refractivity contribution in [1.29, 1.82) is 0 Å². The van der Waals surface area contributed by atoms with Crippen LogP contribution in [0.5, 0.6) is 0 Å². The van der Waals surface area contributed by atoms with E-state index >= 15 is 0 Å². The summed E-state index contributed by atoms with van der Waals surface area (Å²) >= 11 is 0. The molecular formula is C7H14N2O. The molecule has 1 heterocycles. The second-order valence-electron chi connectivity index (χ2n) is 2.56. The van der Waals surface area contributed by atoms with Crippen LogP contribution in [-0.4, -0.2) is 30.3 Å². The lowest BCUT2D eigenvalue weighted by Gasteiger charge is -2.04. The number of rotatable bonds is 3. The molecule has 3 heteroatoms. The molecule has 0 atom stereocenters.